The molecule has 0 spiro atoms. The molecule has 7 nitrogen and oxygen atoms in total. The highest BCUT2D eigenvalue weighted by atomic mass is 16.5. The van der Waals surface area contributed by atoms with E-state index in [-0.39, 0.29) is 12.2 Å². The molecule has 24 heavy (non-hydrogen) atoms. The number of aryl methyl sites for hydroxylation is 1. The first-order valence-corrected chi connectivity index (χ1v) is 8.04. The molecule has 1 aliphatic heterocycles. The van der Waals surface area contributed by atoms with E-state index in [0.717, 1.165) is 28.6 Å². The zero-order chi connectivity index (χ0) is 16.9. The Morgan fingerprint density at radius 1 is 1.29 bits per heavy atom. The van der Waals surface area contributed by atoms with E-state index < -0.39 is 0 Å². The Bertz CT molecular complexity index is 933. The van der Waals surface area contributed by atoms with Crippen LogP contribution in [0.3, 0.4) is 0 Å². The Kier molecular flexibility index (Phi) is 3.43. The number of aliphatic hydroxyl groups excluding tert-OH is 1. The van der Waals surface area contributed by atoms with E-state index in [4.69, 9.17) is 14.3 Å². The summed E-state index contributed by atoms with van der Waals surface area (Å²) >= 11 is 0. The molecule has 126 valence electrons. The van der Waals surface area contributed by atoms with Crippen molar-refractivity contribution in [3.63, 3.8) is 0 Å². The third-order valence-corrected chi connectivity index (χ3v) is 4.44. The van der Waals surface area contributed by atoms with E-state index in [0.29, 0.717) is 30.3 Å². The van der Waals surface area contributed by atoms with Gasteiger partial charge in [0.25, 0.3) is 0 Å². The van der Waals surface area contributed by atoms with Crippen LogP contribution in [0.5, 0.6) is 0 Å². The van der Waals surface area contributed by atoms with Crippen LogP contribution in [0.2, 0.25) is 0 Å². The number of rotatable bonds is 3. The van der Waals surface area contributed by atoms with Crippen LogP contribution in [-0.4, -0.2) is 38.8 Å². The Morgan fingerprint density at radius 3 is 2.92 bits per heavy atom. The third kappa shape index (κ3) is 2.32. The van der Waals surface area contributed by atoms with Gasteiger partial charge in [0, 0.05) is 24.2 Å². The summed E-state index contributed by atoms with van der Waals surface area (Å²) in [5, 5.41) is 13.0. The molecule has 0 aromatic carbocycles. The average Bonchev–Trinajstić information content (AvgIpc) is 2.90. The molecule has 3 aromatic rings. The first-order chi connectivity index (χ1) is 11.5. The fourth-order valence-electron chi connectivity index (χ4n) is 3.27. The number of nitrogens with one attached hydrogen (secondary N) is 1. The first-order valence-electron chi connectivity index (χ1n) is 8.04. The van der Waals surface area contributed by atoms with Gasteiger partial charge in [-0.3, -0.25) is 0 Å². The van der Waals surface area contributed by atoms with Gasteiger partial charge >= 0.3 is 0 Å². The van der Waals surface area contributed by atoms with E-state index in [1.54, 1.807) is 0 Å². The van der Waals surface area contributed by atoms with Gasteiger partial charge in [0.15, 0.2) is 11.4 Å². The van der Waals surface area contributed by atoms with Gasteiger partial charge in [0.2, 0.25) is 5.71 Å². The van der Waals surface area contributed by atoms with Crippen molar-refractivity contribution in [2.75, 3.05) is 18.5 Å². The van der Waals surface area contributed by atoms with Crippen LogP contribution in [0.1, 0.15) is 30.7 Å². The molecule has 0 fully saturated rings. The molecule has 3 aromatic heterocycles. The largest absolute Gasteiger partial charge is 0.432 e. The van der Waals surface area contributed by atoms with Gasteiger partial charge in [-0.15, -0.1) is 0 Å². The highest BCUT2D eigenvalue weighted by Gasteiger charge is 2.31. The summed E-state index contributed by atoms with van der Waals surface area (Å²) in [4.78, 5) is 13.3. The van der Waals surface area contributed by atoms with E-state index in [1.807, 2.05) is 6.92 Å². The lowest BCUT2D eigenvalue weighted by molar-refractivity contribution is -0.0400. The molecule has 0 aliphatic carbocycles. The fourth-order valence-corrected chi connectivity index (χ4v) is 3.27. The second kappa shape index (κ2) is 5.39. The van der Waals surface area contributed by atoms with Gasteiger partial charge < -0.3 is 19.6 Å². The minimum Gasteiger partial charge on any atom is -0.432 e. The van der Waals surface area contributed by atoms with E-state index in [2.05, 4.69) is 34.1 Å². The molecule has 2 N–H and O–H groups in total. The molecule has 4 rings (SSSR count). The molecule has 0 bridgehead atoms. The second-order valence-electron chi connectivity index (χ2n) is 6.71. The van der Waals surface area contributed by atoms with Crippen molar-refractivity contribution in [1.82, 2.24) is 15.0 Å². The SMILES string of the molecule is Cc1nc2oc3c(NCCO)ncnc3c2c2c1COC(C)(C)C2. The molecule has 0 radical (unpaired) electrons. The van der Waals surface area contributed by atoms with Crippen molar-refractivity contribution in [3.8, 4) is 0 Å². The normalized spacial score (nSPS) is 16.5. The Hall–Kier alpha value is -2.25. The molecule has 0 amide bonds. The summed E-state index contributed by atoms with van der Waals surface area (Å²) < 4.78 is 11.9. The highest BCUT2D eigenvalue weighted by molar-refractivity contribution is 6.06. The third-order valence-electron chi connectivity index (χ3n) is 4.44. The Labute approximate surface area is 139 Å². The van der Waals surface area contributed by atoms with Crippen LogP contribution in [0, 0.1) is 6.92 Å². The first kappa shape index (κ1) is 15.3. The summed E-state index contributed by atoms with van der Waals surface area (Å²) in [7, 11) is 0. The molecular formula is C17H20N4O3. The number of anilines is 1. The van der Waals surface area contributed by atoms with Crippen LogP contribution in [0.4, 0.5) is 5.82 Å². The predicted molar refractivity (Wildman–Crippen MR) is 90.0 cm³/mol. The lowest BCUT2D eigenvalue weighted by Gasteiger charge is -2.32. The second-order valence-corrected chi connectivity index (χ2v) is 6.71. The van der Waals surface area contributed by atoms with Gasteiger partial charge in [-0.05, 0) is 26.3 Å². The van der Waals surface area contributed by atoms with Crippen molar-refractivity contribution in [3.05, 3.63) is 23.1 Å². The van der Waals surface area contributed by atoms with Crippen LogP contribution in [-0.2, 0) is 17.8 Å². The maximum absolute atomic E-state index is 9.03. The smallest absolute Gasteiger partial charge is 0.229 e. The van der Waals surface area contributed by atoms with E-state index in [9.17, 15) is 0 Å². The van der Waals surface area contributed by atoms with E-state index in [1.165, 1.54) is 11.9 Å². The highest BCUT2D eigenvalue weighted by Crippen LogP contribution is 2.39. The Balaban J connectivity index is 2.01. The minimum atomic E-state index is -0.234. The number of aliphatic hydroxyl groups is 1. The van der Waals surface area contributed by atoms with Crippen molar-refractivity contribution < 1.29 is 14.3 Å². The molecular weight excluding hydrogens is 308 g/mol. The number of fused-ring (bicyclic) bond motifs is 5. The lowest BCUT2D eigenvalue weighted by atomic mass is 9.89. The van der Waals surface area contributed by atoms with Crippen molar-refractivity contribution in [2.45, 2.75) is 39.4 Å². The molecule has 7 heteroatoms. The number of hydrogen-bond acceptors (Lipinski definition) is 7. The summed E-state index contributed by atoms with van der Waals surface area (Å²) in [6, 6.07) is 0. The summed E-state index contributed by atoms with van der Waals surface area (Å²) in [5.41, 5.74) is 4.90. The topological polar surface area (TPSA) is 93.3 Å². The standard InChI is InChI=1S/C17H20N4O3/c1-9-11-7-23-17(2,3)6-10(11)12-13-14(24-16(12)21-9)15(18-4-5-22)20-8-19-13/h8,22H,4-7H2,1-3H3,(H,18,19,20). The number of hydrogen-bond donors (Lipinski definition) is 2. The van der Waals surface area contributed by atoms with Crippen molar-refractivity contribution in [1.29, 1.82) is 0 Å². The van der Waals surface area contributed by atoms with Gasteiger partial charge in [0.1, 0.15) is 11.8 Å². The molecule has 0 unspecified atom stereocenters. The van der Waals surface area contributed by atoms with Crippen LogP contribution in [0.25, 0.3) is 22.2 Å². The zero-order valence-corrected chi connectivity index (χ0v) is 14.0. The monoisotopic (exact) mass is 328 g/mol. The van der Waals surface area contributed by atoms with E-state index >= 15 is 0 Å². The van der Waals surface area contributed by atoms with Crippen LogP contribution < -0.4 is 5.32 Å². The maximum Gasteiger partial charge on any atom is 0.229 e. The zero-order valence-electron chi connectivity index (χ0n) is 14.0. The summed E-state index contributed by atoms with van der Waals surface area (Å²) in [6.07, 6.45) is 2.29. The number of aromatic nitrogens is 3. The number of nitrogens with zero attached hydrogens (tertiary/aromatic N) is 3. The van der Waals surface area contributed by atoms with Gasteiger partial charge in [-0.2, -0.15) is 0 Å². The predicted octanol–water partition coefficient (Wildman–Crippen LogP) is 2.33. The molecule has 0 saturated heterocycles. The minimum absolute atomic E-state index is 0.0179. The fraction of sp³-hybridized carbons (Fsp3) is 0.471. The van der Waals surface area contributed by atoms with Crippen LogP contribution >= 0.6 is 0 Å². The lowest BCUT2D eigenvalue weighted by Crippen LogP contribution is -2.32. The number of furan rings is 1. The Morgan fingerprint density at radius 2 is 2.12 bits per heavy atom. The number of pyridine rings is 1. The van der Waals surface area contributed by atoms with Crippen molar-refractivity contribution >= 4 is 28.0 Å². The summed E-state index contributed by atoms with van der Waals surface area (Å²) in [5.74, 6) is 0.574. The van der Waals surface area contributed by atoms with Gasteiger partial charge in [0.05, 0.1) is 24.2 Å². The molecule has 0 saturated carbocycles. The van der Waals surface area contributed by atoms with Gasteiger partial charge in [-0.25, -0.2) is 15.0 Å². The molecule has 4 heterocycles. The quantitative estimate of drug-likeness (QED) is 0.762. The maximum atomic E-state index is 9.03. The number of ether oxygens (including phenoxy) is 1. The average molecular weight is 328 g/mol. The summed E-state index contributed by atoms with van der Waals surface area (Å²) in [6.45, 7) is 7.11. The van der Waals surface area contributed by atoms with Crippen molar-refractivity contribution in [2.24, 2.45) is 0 Å². The molecule has 0 atom stereocenters. The molecule has 1 aliphatic rings. The van der Waals surface area contributed by atoms with Crippen LogP contribution in [0.15, 0.2) is 10.7 Å². The van der Waals surface area contributed by atoms with Gasteiger partial charge in [-0.1, -0.05) is 0 Å².